The third-order valence-electron chi connectivity index (χ3n) is 3.85. The Labute approximate surface area is 118 Å². The lowest BCUT2D eigenvalue weighted by molar-refractivity contribution is 0.139. The first kappa shape index (κ1) is 13.1. The number of piperazine rings is 1. The highest BCUT2D eigenvalue weighted by Gasteiger charge is 2.27. The first-order valence-corrected chi connectivity index (χ1v) is 7.18. The van der Waals surface area contributed by atoms with Crippen molar-refractivity contribution in [3.8, 4) is 0 Å². The van der Waals surface area contributed by atoms with Crippen LogP contribution in [0.25, 0.3) is 0 Å². The van der Waals surface area contributed by atoms with Crippen molar-refractivity contribution in [3.05, 3.63) is 17.0 Å². The minimum Gasteiger partial charge on any atom is -0.380 e. The number of halogens is 1. The number of anilines is 1. The van der Waals surface area contributed by atoms with Crippen LogP contribution in [0.1, 0.15) is 12.2 Å². The SMILES string of the molecule is Cc1nc(Cl)cc(N2CCN(C3CCOC3)CC2)n1. The summed E-state index contributed by atoms with van der Waals surface area (Å²) in [6, 6.07) is 2.46. The molecule has 104 valence electrons. The van der Waals surface area contributed by atoms with Crippen LogP contribution in [-0.2, 0) is 4.74 Å². The lowest BCUT2D eigenvalue weighted by Gasteiger charge is -2.38. The lowest BCUT2D eigenvalue weighted by Crippen LogP contribution is -2.50. The van der Waals surface area contributed by atoms with Crippen LogP contribution in [0.2, 0.25) is 5.15 Å². The van der Waals surface area contributed by atoms with E-state index >= 15 is 0 Å². The standard InChI is InChI=1S/C13H19ClN4O/c1-10-15-12(14)8-13(16-10)18-5-3-17(4-6-18)11-2-7-19-9-11/h8,11H,2-7,9H2,1H3. The van der Waals surface area contributed by atoms with Crippen molar-refractivity contribution in [2.75, 3.05) is 44.3 Å². The molecule has 1 atom stereocenters. The molecule has 0 saturated carbocycles. The van der Waals surface area contributed by atoms with Gasteiger partial charge in [0.25, 0.3) is 0 Å². The highest BCUT2D eigenvalue weighted by atomic mass is 35.5. The molecule has 0 aromatic carbocycles. The van der Waals surface area contributed by atoms with E-state index in [0.717, 1.165) is 51.0 Å². The number of aryl methyl sites for hydroxylation is 1. The van der Waals surface area contributed by atoms with Gasteiger partial charge in [0, 0.05) is 44.9 Å². The van der Waals surface area contributed by atoms with Gasteiger partial charge in [-0.2, -0.15) is 0 Å². The van der Waals surface area contributed by atoms with E-state index in [9.17, 15) is 0 Å². The Bertz CT molecular complexity index is 422. The van der Waals surface area contributed by atoms with E-state index in [0.29, 0.717) is 11.2 Å². The van der Waals surface area contributed by atoms with Crippen LogP contribution in [0.5, 0.6) is 0 Å². The van der Waals surface area contributed by atoms with Gasteiger partial charge in [0.05, 0.1) is 6.61 Å². The number of rotatable bonds is 2. The van der Waals surface area contributed by atoms with E-state index in [1.165, 1.54) is 6.42 Å². The Hall–Kier alpha value is -0.910. The number of hydrogen-bond donors (Lipinski definition) is 0. The number of hydrogen-bond acceptors (Lipinski definition) is 5. The largest absolute Gasteiger partial charge is 0.380 e. The maximum Gasteiger partial charge on any atom is 0.134 e. The molecule has 2 saturated heterocycles. The molecule has 1 unspecified atom stereocenters. The van der Waals surface area contributed by atoms with Crippen molar-refractivity contribution >= 4 is 17.4 Å². The molecular weight excluding hydrogens is 264 g/mol. The molecule has 0 spiro atoms. The number of aromatic nitrogens is 2. The molecule has 5 nitrogen and oxygen atoms in total. The van der Waals surface area contributed by atoms with E-state index in [2.05, 4.69) is 19.8 Å². The van der Waals surface area contributed by atoms with Gasteiger partial charge in [0.2, 0.25) is 0 Å². The first-order chi connectivity index (χ1) is 9.22. The molecule has 2 fully saturated rings. The van der Waals surface area contributed by atoms with E-state index in [4.69, 9.17) is 16.3 Å². The molecule has 1 aromatic rings. The Morgan fingerprint density at radius 1 is 1.26 bits per heavy atom. The van der Waals surface area contributed by atoms with Crippen LogP contribution in [0.4, 0.5) is 5.82 Å². The number of nitrogens with zero attached hydrogens (tertiary/aromatic N) is 4. The van der Waals surface area contributed by atoms with Crippen LogP contribution >= 0.6 is 11.6 Å². The Kier molecular flexibility index (Phi) is 3.86. The summed E-state index contributed by atoms with van der Waals surface area (Å²) < 4.78 is 5.46. The Balaban J connectivity index is 1.63. The molecule has 19 heavy (non-hydrogen) atoms. The van der Waals surface area contributed by atoms with Crippen molar-refractivity contribution in [1.29, 1.82) is 0 Å². The molecule has 3 rings (SSSR count). The van der Waals surface area contributed by atoms with Crippen LogP contribution < -0.4 is 4.90 Å². The van der Waals surface area contributed by atoms with Crippen molar-refractivity contribution in [3.63, 3.8) is 0 Å². The van der Waals surface area contributed by atoms with E-state index < -0.39 is 0 Å². The number of ether oxygens (including phenoxy) is 1. The summed E-state index contributed by atoms with van der Waals surface area (Å²) in [5.41, 5.74) is 0. The van der Waals surface area contributed by atoms with Crippen molar-refractivity contribution in [2.24, 2.45) is 0 Å². The van der Waals surface area contributed by atoms with E-state index in [-0.39, 0.29) is 0 Å². The van der Waals surface area contributed by atoms with E-state index in [1.807, 2.05) is 13.0 Å². The van der Waals surface area contributed by atoms with Crippen molar-refractivity contribution < 1.29 is 4.74 Å². The summed E-state index contributed by atoms with van der Waals surface area (Å²) in [5, 5.41) is 0.522. The first-order valence-electron chi connectivity index (χ1n) is 6.80. The zero-order valence-corrected chi connectivity index (χ0v) is 11.9. The topological polar surface area (TPSA) is 41.5 Å². The average Bonchev–Trinajstić information content (AvgIpc) is 2.91. The smallest absolute Gasteiger partial charge is 0.134 e. The summed E-state index contributed by atoms with van der Waals surface area (Å²) in [4.78, 5) is 13.4. The van der Waals surface area contributed by atoms with Gasteiger partial charge in [-0.3, -0.25) is 4.90 Å². The van der Waals surface area contributed by atoms with Crippen molar-refractivity contribution in [1.82, 2.24) is 14.9 Å². The molecule has 2 aliphatic rings. The second-order valence-corrected chi connectivity index (χ2v) is 5.52. The Morgan fingerprint density at radius 2 is 2.05 bits per heavy atom. The summed E-state index contributed by atoms with van der Waals surface area (Å²) in [5.74, 6) is 1.67. The van der Waals surface area contributed by atoms with Gasteiger partial charge < -0.3 is 9.64 Å². The van der Waals surface area contributed by atoms with Gasteiger partial charge in [0.15, 0.2) is 0 Å². The molecule has 0 radical (unpaired) electrons. The van der Waals surface area contributed by atoms with Crippen LogP contribution in [0, 0.1) is 6.92 Å². The van der Waals surface area contributed by atoms with Crippen LogP contribution in [0.15, 0.2) is 6.07 Å². The molecule has 0 bridgehead atoms. The molecule has 1 aromatic heterocycles. The zero-order valence-electron chi connectivity index (χ0n) is 11.2. The quantitative estimate of drug-likeness (QED) is 0.766. The molecule has 0 aliphatic carbocycles. The molecular formula is C13H19ClN4O. The molecule has 3 heterocycles. The normalized spacial score (nSPS) is 24.9. The van der Waals surface area contributed by atoms with Crippen molar-refractivity contribution in [2.45, 2.75) is 19.4 Å². The maximum atomic E-state index is 6.00. The third-order valence-corrected chi connectivity index (χ3v) is 4.05. The minimum atomic E-state index is 0.522. The second-order valence-electron chi connectivity index (χ2n) is 5.14. The fourth-order valence-electron chi connectivity index (χ4n) is 2.80. The highest BCUT2D eigenvalue weighted by molar-refractivity contribution is 6.29. The monoisotopic (exact) mass is 282 g/mol. The summed E-state index contributed by atoms with van der Waals surface area (Å²) in [6.45, 7) is 7.78. The predicted molar refractivity (Wildman–Crippen MR) is 74.8 cm³/mol. The Morgan fingerprint density at radius 3 is 2.68 bits per heavy atom. The minimum absolute atomic E-state index is 0.522. The summed E-state index contributed by atoms with van der Waals surface area (Å²) in [6.07, 6.45) is 1.17. The maximum absolute atomic E-state index is 6.00. The van der Waals surface area contributed by atoms with Crippen LogP contribution in [-0.4, -0.2) is 60.3 Å². The van der Waals surface area contributed by atoms with Gasteiger partial charge in [-0.05, 0) is 13.3 Å². The third kappa shape index (κ3) is 2.99. The summed E-state index contributed by atoms with van der Waals surface area (Å²) in [7, 11) is 0. The van der Waals surface area contributed by atoms with Crippen LogP contribution in [0.3, 0.4) is 0 Å². The molecule has 0 N–H and O–H groups in total. The lowest BCUT2D eigenvalue weighted by atomic mass is 10.2. The fourth-order valence-corrected chi connectivity index (χ4v) is 3.02. The van der Waals surface area contributed by atoms with E-state index in [1.54, 1.807) is 0 Å². The summed E-state index contributed by atoms with van der Waals surface area (Å²) >= 11 is 6.00. The van der Waals surface area contributed by atoms with Gasteiger partial charge >= 0.3 is 0 Å². The molecule has 2 aliphatic heterocycles. The van der Waals surface area contributed by atoms with Gasteiger partial charge in [-0.1, -0.05) is 11.6 Å². The van der Waals surface area contributed by atoms with Gasteiger partial charge in [0.1, 0.15) is 16.8 Å². The zero-order chi connectivity index (χ0) is 13.2. The molecule has 0 amide bonds. The average molecular weight is 283 g/mol. The second kappa shape index (κ2) is 5.61. The predicted octanol–water partition coefficient (Wildman–Crippen LogP) is 1.35. The fraction of sp³-hybridized carbons (Fsp3) is 0.692. The highest BCUT2D eigenvalue weighted by Crippen LogP contribution is 2.20. The molecule has 6 heteroatoms. The van der Waals surface area contributed by atoms with Gasteiger partial charge in [-0.15, -0.1) is 0 Å². The van der Waals surface area contributed by atoms with Gasteiger partial charge in [-0.25, -0.2) is 9.97 Å².